The lowest BCUT2D eigenvalue weighted by Crippen LogP contribution is -2.23. The number of methoxy groups -OCH3 is 1. The fourth-order valence-electron chi connectivity index (χ4n) is 2.51. The Bertz CT molecular complexity index is 677. The number of carbonyl (C=O) groups is 1. The third-order valence-electron chi connectivity index (χ3n) is 3.59. The maximum absolute atomic E-state index is 12.1. The van der Waals surface area contributed by atoms with Gasteiger partial charge in [0.2, 0.25) is 0 Å². The molecule has 0 bridgehead atoms. The molecule has 6 nitrogen and oxygen atoms in total. The molecule has 0 spiro atoms. The second kappa shape index (κ2) is 5.17. The van der Waals surface area contributed by atoms with Gasteiger partial charge in [0.05, 0.1) is 12.8 Å². The average Bonchev–Trinajstić information content (AvgIpc) is 2.87. The number of hydrogen-bond donors (Lipinski definition) is 1. The van der Waals surface area contributed by atoms with Crippen molar-refractivity contribution < 1.29 is 17.9 Å². The first kappa shape index (κ1) is 16.1. The van der Waals surface area contributed by atoms with Crippen molar-refractivity contribution in [1.29, 1.82) is 0 Å². The molecule has 0 amide bonds. The fraction of sp³-hybridized carbons (Fsp3) is 0.615. The molecule has 118 valence electrons. The Hall–Kier alpha value is -1.28. The van der Waals surface area contributed by atoms with Gasteiger partial charge in [-0.05, 0) is 11.8 Å². The predicted octanol–water partition coefficient (Wildman–Crippen LogP) is 1.76. The van der Waals surface area contributed by atoms with Gasteiger partial charge < -0.3 is 15.4 Å². The summed E-state index contributed by atoms with van der Waals surface area (Å²) in [5.74, 6) is -0.605. The Kier molecular flexibility index (Phi) is 3.96. The largest absolute Gasteiger partial charge is 0.465 e. The highest BCUT2D eigenvalue weighted by molar-refractivity contribution is 7.91. The first-order valence-corrected chi connectivity index (χ1v) is 9.23. The standard InChI is InChI=1S/C13H20N2O4S2/c1-13(2)5-6-15(7-13)11-10(21(4,17)18)8(14)9(20-11)12(16)19-3/h5-7,14H2,1-4H3. The van der Waals surface area contributed by atoms with Crippen LogP contribution in [-0.4, -0.2) is 40.8 Å². The molecule has 1 aromatic heterocycles. The molecular formula is C13H20N2O4S2. The summed E-state index contributed by atoms with van der Waals surface area (Å²) in [6.45, 7) is 5.74. The van der Waals surface area contributed by atoms with E-state index in [0.717, 1.165) is 37.1 Å². The van der Waals surface area contributed by atoms with Crippen LogP contribution in [0.3, 0.4) is 0 Å². The summed E-state index contributed by atoms with van der Waals surface area (Å²) < 4.78 is 28.8. The summed E-state index contributed by atoms with van der Waals surface area (Å²) >= 11 is 1.09. The maximum Gasteiger partial charge on any atom is 0.350 e. The quantitative estimate of drug-likeness (QED) is 0.848. The zero-order valence-electron chi connectivity index (χ0n) is 12.6. The van der Waals surface area contributed by atoms with E-state index in [0.29, 0.717) is 5.00 Å². The second-order valence-corrected chi connectivity index (χ2v) is 9.03. The van der Waals surface area contributed by atoms with E-state index in [1.54, 1.807) is 0 Å². The van der Waals surface area contributed by atoms with Crippen LogP contribution in [0.4, 0.5) is 10.7 Å². The van der Waals surface area contributed by atoms with Crippen molar-refractivity contribution in [2.24, 2.45) is 5.41 Å². The minimum absolute atomic E-state index is 0.00550. The molecule has 1 saturated heterocycles. The van der Waals surface area contributed by atoms with E-state index >= 15 is 0 Å². The van der Waals surface area contributed by atoms with Crippen LogP contribution in [0.5, 0.6) is 0 Å². The summed E-state index contributed by atoms with van der Waals surface area (Å²) in [6.07, 6.45) is 2.07. The third kappa shape index (κ3) is 3.01. The number of sulfone groups is 1. The number of nitrogen functional groups attached to an aromatic ring is 1. The number of thiophene rings is 1. The Balaban J connectivity index is 2.58. The molecule has 1 aliphatic heterocycles. The molecule has 0 unspecified atom stereocenters. The smallest absolute Gasteiger partial charge is 0.350 e. The van der Waals surface area contributed by atoms with Crippen LogP contribution >= 0.6 is 11.3 Å². The van der Waals surface area contributed by atoms with Gasteiger partial charge >= 0.3 is 5.97 Å². The maximum atomic E-state index is 12.1. The molecule has 1 aliphatic rings. The Morgan fingerprint density at radius 1 is 1.43 bits per heavy atom. The van der Waals surface area contributed by atoms with Crippen molar-refractivity contribution in [3.8, 4) is 0 Å². The van der Waals surface area contributed by atoms with Crippen molar-refractivity contribution in [1.82, 2.24) is 0 Å². The van der Waals surface area contributed by atoms with Crippen LogP contribution in [0.25, 0.3) is 0 Å². The van der Waals surface area contributed by atoms with Crippen LogP contribution < -0.4 is 10.6 Å². The lowest BCUT2D eigenvalue weighted by Gasteiger charge is -2.21. The van der Waals surface area contributed by atoms with E-state index < -0.39 is 15.8 Å². The summed E-state index contributed by atoms with van der Waals surface area (Å²) in [5, 5.41) is 0.543. The molecule has 1 fully saturated rings. The number of nitrogens with zero attached hydrogens (tertiary/aromatic N) is 1. The number of rotatable bonds is 3. The van der Waals surface area contributed by atoms with Crippen LogP contribution in [-0.2, 0) is 14.6 Å². The van der Waals surface area contributed by atoms with E-state index in [4.69, 9.17) is 5.73 Å². The number of hydrogen-bond acceptors (Lipinski definition) is 7. The molecule has 1 aromatic rings. The lowest BCUT2D eigenvalue weighted by molar-refractivity contribution is 0.0607. The van der Waals surface area contributed by atoms with Gasteiger partial charge in [0.25, 0.3) is 0 Å². The van der Waals surface area contributed by atoms with Crippen molar-refractivity contribution in [2.75, 3.05) is 37.1 Å². The molecule has 0 aliphatic carbocycles. The van der Waals surface area contributed by atoms with E-state index in [-0.39, 0.29) is 20.9 Å². The summed E-state index contributed by atoms with van der Waals surface area (Å²) in [7, 11) is -2.27. The molecule has 21 heavy (non-hydrogen) atoms. The van der Waals surface area contributed by atoms with Gasteiger partial charge in [0.15, 0.2) is 9.84 Å². The minimum atomic E-state index is -3.52. The zero-order chi connectivity index (χ0) is 16.0. The highest BCUT2D eigenvalue weighted by Crippen LogP contribution is 2.45. The number of ether oxygens (including phenoxy) is 1. The molecule has 2 heterocycles. The van der Waals surface area contributed by atoms with Gasteiger partial charge in [-0.3, -0.25) is 0 Å². The molecule has 8 heteroatoms. The molecule has 0 radical (unpaired) electrons. The molecule has 0 atom stereocenters. The fourth-order valence-corrected chi connectivity index (χ4v) is 5.16. The van der Waals surface area contributed by atoms with Crippen LogP contribution in [0.15, 0.2) is 4.90 Å². The van der Waals surface area contributed by atoms with E-state index in [9.17, 15) is 13.2 Å². The highest BCUT2D eigenvalue weighted by Gasteiger charge is 2.36. The van der Waals surface area contributed by atoms with Gasteiger partial charge in [0, 0.05) is 19.3 Å². The topological polar surface area (TPSA) is 89.7 Å². The van der Waals surface area contributed by atoms with E-state index in [1.165, 1.54) is 7.11 Å². The molecule has 2 rings (SSSR count). The Morgan fingerprint density at radius 2 is 2.05 bits per heavy atom. The van der Waals surface area contributed by atoms with Crippen LogP contribution in [0.2, 0.25) is 0 Å². The van der Waals surface area contributed by atoms with Gasteiger partial charge in [-0.25, -0.2) is 13.2 Å². The average molecular weight is 332 g/mol. The van der Waals surface area contributed by atoms with Crippen molar-refractivity contribution in [3.63, 3.8) is 0 Å². The Morgan fingerprint density at radius 3 is 2.48 bits per heavy atom. The molecule has 2 N–H and O–H groups in total. The van der Waals surface area contributed by atoms with Gasteiger partial charge in [-0.1, -0.05) is 13.8 Å². The number of carbonyl (C=O) groups excluding carboxylic acids is 1. The summed E-state index contributed by atoms with van der Waals surface area (Å²) in [6, 6.07) is 0. The normalized spacial score (nSPS) is 18.0. The number of esters is 1. The highest BCUT2D eigenvalue weighted by atomic mass is 32.2. The van der Waals surface area contributed by atoms with Crippen molar-refractivity contribution in [2.45, 2.75) is 25.2 Å². The van der Waals surface area contributed by atoms with E-state index in [1.807, 2.05) is 4.90 Å². The van der Waals surface area contributed by atoms with Crippen LogP contribution in [0, 0.1) is 5.41 Å². The SMILES string of the molecule is COC(=O)c1sc(N2CCC(C)(C)C2)c(S(C)(=O)=O)c1N. The Labute approximate surface area is 128 Å². The molecule has 0 saturated carbocycles. The second-order valence-electron chi connectivity index (χ2n) is 6.08. The van der Waals surface area contributed by atoms with Gasteiger partial charge in [-0.15, -0.1) is 11.3 Å². The first-order valence-electron chi connectivity index (χ1n) is 6.52. The van der Waals surface area contributed by atoms with Gasteiger partial charge in [0.1, 0.15) is 14.8 Å². The monoisotopic (exact) mass is 332 g/mol. The number of nitrogens with two attached hydrogens (primary N) is 1. The molecule has 0 aromatic carbocycles. The van der Waals surface area contributed by atoms with Crippen molar-refractivity contribution in [3.05, 3.63) is 4.88 Å². The zero-order valence-corrected chi connectivity index (χ0v) is 14.2. The van der Waals surface area contributed by atoms with Crippen molar-refractivity contribution >= 4 is 37.8 Å². The number of anilines is 2. The summed E-state index contributed by atoms with van der Waals surface area (Å²) in [4.78, 5) is 14.0. The minimum Gasteiger partial charge on any atom is -0.465 e. The third-order valence-corrected chi connectivity index (χ3v) is 6.12. The van der Waals surface area contributed by atoms with Crippen LogP contribution in [0.1, 0.15) is 29.9 Å². The predicted molar refractivity (Wildman–Crippen MR) is 83.8 cm³/mol. The van der Waals surface area contributed by atoms with E-state index in [2.05, 4.69) is 18.6 Å². The molecular weight excluding hydrogens is 312 g/mol. The first-order chi connectivity index (χ1) is 9.57. The lowest BCUT2D eigenvalue weighted by atomic mass is 9.93. The summed E-state index contributed by atoms with van der Waals surface area (Å²) in [5.41, 5.74) is 6.01. The van der Waals surface area contributed by atoms with Gasteiger partial charge in [-0.2, -0.15) is 0 Å².